The Balaban J connectivity index is 1.46. The largest absolute Gasteiger partial charge is 0.379 e. The van der Waals surface area contributed by atoms with Crippen LogP contribution in [0, 0.1) is 6.92 Å². The predicted molar refractivity (Wildman–Crippen MR) is 96.3 cm³/mol. The zero-order valence-electron chi connectivity index (χ0n) is 14.8. The lowest BCUT2D eigenvalue weighted by atomic mass is 10.1. The number of rotatable bonds is 5. The van der Waals surface area contributed by atoms with Crippen molar-refractivity contribution in [3.05, 3.63) is 47.2 Å². The van der Waals surface area contributed by atoms with Gasteiger partial charge >= 0.3 is 6.03 Å². The maximum Gasteiger partial charge on any atom is 0.320 e. The van der Waals surface area contributed by atoms with Crippen LogP contribution in [0.25, 0.3) is 0 Å². The first-order chi connectivity index (χ1) is 12.1. The van der Waals surface area contributed by atoms with Crippen LogP contribution in [0.4, 0.5) is 10.6 Å². The van der Waals surface area contributed by atoms with Crippen LogP contribution in [0.1, 0.15) is 16.8 Å². The van der Waals surface area contributed by atoms with E-state index in [-0.39, 0.29) is 6.03 Å². The number of aryl methyl sites for hydroxylation is 2. The topological polar surface area (TPSA) is 71.4 Å². The predicted octanol–water partition coefficient (Wildman–Crippen LogP) is 1.88. The van der Waals surface area contributed by atoms with Gasteiger partial charge in [0, 0.05) is 39.3 Å². The number of anilines is 1. The Morgan fingerprint density at radius 2 is 1.88 bits per heavy atom. The molecule has 2 amide bonds. The molecule has 1 fully saturated rings. The Labute approximate surface area is 148 Å². The fraction of sp³-hybridized carbons (Fsp3) is 0.444. The molecule has 1 aromatic carbocycles. The first kappa shape index (κ1) is 17.4. The number of aromatic nitrogens is 2. The highest BCUT2D eigenvalue weighted by molar-refractivity contribution is 5.88. The van der Waals surface area contributed by atoms with Crippen LogP contribution in [-0.4, -0.2) is 47.0 Å². The summed E-state index contributed by atoms with van der Waals surface area (Å²) in [5.41, 5.74) is 3.22. The molecule has 2 heterocycles. The molecule has 2 aromatic rings. The lowest BCUT2D eigenvalue weighted by molar-refractivity contribution is 0.0342. The Kier molecular flexibility index (Phi) is 5.67. The number of amides is 2. The van der Waals surface area contributed by atoms with Crippen molar-refractivity contribution in [3.8, 4) is 0 Å². The number of ether oxygens (including phenoxy) is 1. The van der Waals surface area contributed by atoms with Crippen LogP contribution >= 0.6 is 0 Å². The molecule has 0 aliphatic carbocycles. The van der Waals surface area contributed by atoms with E-state index < -0.39 is 0 Å². The van der Waals surface area contributed by atoms with Gasteiger partial charge in [-0.05, 0) is 18.1 Å². The monoisotopic (exact) mass is 343 g/mol. The van der Waals surface area contributed by atoms with Crippen LogP contribution in [-0.2, 0) is 24.9 Å². The van der Waals surface area contributed by atoms with E-state index in [9.17, 15) is 4.79 Å². The number of carbonyl (C=O) groups is 1. The summed E-state index contributed by atoms with van der Waals surface area (Å²) in [4.78, 5) is 14.4. The minimum absolute atomic E-state index is 0.236. The minimum Gasteiger partial charge on any atom is -0.379 e. The molecule has 0 spiro atoms. The lowest BCUT2D eigenvalue weighted by Gasteiger charge is -2.26. The summed E-state index contributed by atoms with van der Waals surface area (Å²) < 4.78 is 7.02. The van der Waals surface area contributed by atoms with Crippen LogP contribution in [0.15, 0.2) is 30.3 Å². The first-order valence-corrected chi connectivity index (χ1v) is 8.53. The summed E-state index contributed by atoms with van der Waals surface area (Å²) in [6.45, 7) is 6.91. The molecule has 134 valence electrons. The number of hydrogen-bond donors (Lipinski definition) is 2. The average Bonchev–Trinajstić information content (AvgIpc) is 2.92. The SMILES string of the molecule is Cc1cc(NC(=O)NCc2ccc(CN3CCOCC3)cc2)n(C)n1. The van der Waals surface area contributed by atoms with Gasteiger partial charge in [-0.2, -0.15) is 5.10 Å². The van der Waals surface area contributed by atoms with Crippen molar-refractivity contribution in [1.29, 1.82) is 0 Å². The highest BCUT2D eigenvalue weighted by Crippen LogP contribution is 2.10. The summed E-state index contributed by atoms with van der Waals surface area (Å²) in [7, 11) is 1.80. The molecular weight excluding hydrogens is 318 g/mol. The number of urea groups is 1. The second-order valence-corrected chi connectivity index (χ2v) is 6.31. The van der Waals surface area contributed by atoms with Gasteiger partial charge in [-0.3, -0.25) is 14.9 Å². The summed E-state index contributed by atoms with van der Waals surface area (Å²) >= 11 is 0. The van der Waals surface area contributed by atoms with E-state index in [2.05, 4.69) is 44.9 Å². The number of nitrogens with zero attached hydrogens (tertiary/aromatic N) is 3. The van der Waals surface area contributed by atoms with Gasteiger partial charge in [0.25, 0.3) is 0 Å². The lowest BCUT2D eigenvalue weighted by Crippen LogP contribution is -2.35. The zero-order chi connectivity index (χ0) is 17.6. The molecule has 1 aliphatic heterocycles. The molecule has 1 saturated heterocycles. The second kappa shape index (κ2) is 8.13. The van der Waals surface area contributed by atoms with Crippen LogP contribution < -0.4 is 10.6 Å². The minimum atomic E-state index is -0.236. The van der Waals surface area contributed by atoms with E-state index in [0.717, 1.165) is 44.1 Å². The van der Waals surface area contributed by atoms with Gasteiger partial charge in [0.15, 0.2) is 0 Å². The summed E-state index contributed by atoms with van der Waals surface area (Å²) in [5, 5.41) is 9.87. The Bertz CT molecular complexity index is 705. The summed E-state index contributed by atoms with van der Waals surface area (Å²) in [5.74, 6) is 0.677. The van der Waals surface area contributed by atoms with Crippen molar-refractivity contribution >= 4 is 11.8 Å². The van der Waals surface area contributed by atoms with Gasteiger partial charge in [0.05, 0.1) is 18.9 Å². The van der Waals surface area contributed by atoms with Gasteiger partial charge in [-0.25, -0.2) is 4.79 Å². The molecule has 0 unspecified atom stereocenters. The zero-order valence-corrected chi connectivity index (χ0v) is 14.8. The number of hydrogen-bond acceptors (Lipinski definition) is 4. The van der Waals surface area contributed by atoms with Crippen molar-refractivity contribution in [2.45, 2.75) is 20.0 Å². The molecule has 1 aliphatic rings. The quantitative estimate of drug-likeness (QED) is 0.870. The van der Waals surface area contributed by atoms with E-state index in [1.165, 1.54) is 5.56 Å². The van der Waals surface area contributed by atoms with E-state index in [1.807, 2.05) is 13.0 Å². The standard InChI is InChI=1S/C18H25N5O2/c1-14-11-17(22(2)21-14)20-18(24)19-12-15-3-5-16(6-4-15)13-23-7-9-25-10-8-23/h3-6,11H,7-10,12-13H2,1-2H3,(H2,19,20,24). The molecule has 0 atom stereocenters. The first-order valence-electron chi connectivity index (χ1n) is 8.53. The van der Waals surface area contributed by atoms with E-state index >= 15 is 0 Å². The van der Waals surface area contributed by atoms with Crippen molar-refractivity contribution in [2.24, 2.45) is 7.05 Å². The molecule has 25 heavy (non-hydrogen) atoms. The van der Waals surface area contributed by atoms with Crippen molar-refractivity contribution < 1.29 is 9.53 Å². The van der Waals surface area contributed by atoms with E-state index in [1.54, 1.807) is 11.7 Å². The van der Waals surface area contributed by atoms with Gasteiger partial charge < -0.3 is 10.1 Å². The molecule has 3 rings (SSSR count). The third-order valence-corrected chi connectivity index (χ3v) is 4.23. The number of nitrogens with one attached hydrogen (secondary N) is 2. The summed E-state index contributed by atoms with van der Waals surface area (Å²) in [6, 6.07) is 9.96. The van der Waals surface area contributed by atoms with Crippen LogP contribution in [0.2, 0.25) is 0 Å². The normalized spacial score (nSPS) is 15.1. The molecule has 0 saturated carbocycles. The Morgan fingerprint density at radius 1 is 1.20 bits per heavy atom. The molecule has 7 heteroatoms. The molecule has 7 nitrogen and oxygen atoms in total. The molecule has 0 radical (unpaired) electrons. The van der Waals surface area contributed by atoms with E-state index in [4.69, 9.17) is 4.74 Å². The number of benzene rings is 1. The maximum atomic E-state index is 12.0. The fourth-order valence-electron chi connectivity index (χ4n) is 2.85. The van der Waals surface area contributed by atoms with Crippen molar-refractivity contribution in [3.63, 3.8) is 0 Å². The average molecular weight is 343 g/mol. The highest BCUT2D eigenvalue weighted by atomic mass is 16.5. The molecular formula is C18H25N5O2. The third kappa shape index (κ3) is 5.04. The number of carbonyl (C=O) groups excluding carboxylic acids is 1. The molecule has 2 N–H and O–H groups in total. The van der Waals surface area contributed by atoms with Crippen LogP contribution in [0.3, 0.4) is 0 Å². The number of morpholine rings is 1. The Hall–Kier alpha value is -2.38. The van der Waals surface area contributed by atoms with Gasteiger partial charge in [0.1, 0.15) is 5.82 Å². The second-order valence-electron chi connectivity index (χ2n) is 6.31. The Morgan fingerprint density at radius 3 is 2.52 bits per heavy atom. The summed E-state index contributed by atoms with van der Waals surface area (Å²) in [6.07, 6.45) is 0. The fourth-order valence-corrected chi connectivity index (χ4v) is 2.85. The van der Waals surface area contributed by atoms with Gasteiger partial charge in [0.2, 0.25) is 0 Å². The van der Waals surface area contributed by atoms with E-state index in [0.29, 0.717) is 12.4 Å². The highest BCUT2D eigenvalue weighted by Gasteiger charge is 2.10. The van der Waals surface area contributed by atoms with Crippen LogP contribution in [0.5, 0.6) is 0 Å². The van der Waals surface area contributed by atoms with Crippen molar-refractivity contribution in [2.75, 3.05) is 31.6 Å². The smallest absolute Gasteiger partial charge is 0.320 e. The van der Waals surface area contributed by atoms with Crippen molar-refractivity contribution in [1.82, 2.24) is 20.0 Å². The molecule has 0 bridgehead atoms. The molecule has 1 aromatic heterocycles. The third-order valence-electron chi connectivity index (χ3n) is 4.23. The van der Waals surface area contributed by atoms with Gasteiger partial charge in [-0.15, -0.1) is 0 Å². The maximum absolute atomic E-state index is 12.0. The van der Waals surface area contributed by atoms with Gasteiger partial charge in [-0.1, -0.05) is 24.3 Å².